The molecular formula is C29H27ClFN3O5. The van der Waals surface area contributed by atoms with Gasteiger partial charge in [0.15, 0.2) is 0 Å². The molecule has 202 valence electrons. The molecule has 1 aliphatic rings. The van der Waals surface area contributed by atoms with E-state index in [-0.39, 0.29) is 41.3 Å². The maximum Gasteiger partial charge on any atom is 0.261 e. The first-order chi connectivity index (χ1) is 18.4. The van der Waals surface area contributed by atoms with E-state index >= 15 is 0 Å². The Labute approximate surface area is 228 Å². The zero-order chi connectivity index (χ0) is 28.2. The average Bonchev–Trinajstić information content (AvgIpc) is 3.47. The number of rotatable bonds is 7. The van der Waals surface area contributed by atoms with Crippen LogP contribution < -0.4 is 26.4 Å². The Morgan fingerprint density at radius 1 is 1.08 bits per heavy atom. The number of carbonyl (C=O) groups excluding carboxylic acids is 1. The van der Waals surface area contributed by atoms with E-state index in [0.717, 1.165) is 0 Å². The van der Waals surface area contributed by atoms with Crippen molar-refractivity contribution in [2.75, 3.05) is 15.5 Å². The summed E-state index contributed by atoms with van der Waals surface area (Å²) in [6.07, 6.45) is 0. The Bertz CT molecular complexity index is 1680. The SMILES string of the molecule is Cc1ccc([C@H](Nc2c(Nc3ccc(F)c4c3C(=O)N(c3cc(Cl)ccc3CO)C4)c(=O)c2=O)C(C)(C)C)o1. The number of aryl methyl sites for hydroxylation is 1. The van der Waals surface area contributed by atoms with Crippen LogP contribution in [0, 0.1) is 18.2 Å². The van der Waals surface area contributed by atoms with E-state index in [2.05, 4.69) is 10.6 Å². The molecule has 0 spiro atoms. The summed E-state index contributed by atoms with van der Waals surface area (Å²) in [6, 6.07) is 10.5. The van der Waals surface area contributed by atoms with Crippen molar-refractivity contribution in [2.45, 2.75) is 46.9 Å². The van der Waals surface area contributed by atoms with E-state index in [0.29, 0.717) is 27.8 Å². The van der Waals surface area contributed by atoms with Gasteiger partial charge in [0.05, 0.1) is 36.1 Å². The number of nitrogens with one attached hydrogen (secondary N) is 2. The number of hydrogen-bond donors (Lipinski definition) is 3. The molecule has 4 aromatic rings. The largest absolute Gasteiger partial charge is 0.464 e. The topological polar surface area (TPSA) is 112 Å². The quantitative estimate of drug-likeness (QED) is 0.257. The summed E-state index contributed by atoms with van der Waals surface area (Å²) in [6.45, 7) is 7.29. The molecule has 1 aromatic heterocycles. The first kappa shape index (κ1) is 26.6. The third-order valence-corrected chi connectivity index (χ3v) is 7.14. The molecule has 3 N–H and O–H groups in total. The molecule has 0 unspecified atom stereocenters. The standard InChI is InChI=1S/C29H27ClFN3O5/c1-14-5-10-21(39-14)27(29(2,3)4)33-24-23(25(36)26(24)37)32-19-9-8-18(31)17-12-34(28(38)22(17)19)20-11-16(30)7-6-15(20)13-35/h5-11,27,32-33,35H,12-13H2,1-4H3/t27-/m0/s1. The van der Waals surface area contributed by atoms with Crippen molar-refractivity contribution < 1.29 is 18.7 Å². The van der Waals surface area contributed by atoms with Gasteiger partial charge in [-0.25, -0.2) is 4.39 Å². The first-order valence-electron chi connectivity index (χ1n) is 12.4. The second-order valence-corrected chi connectivity index (χ2v) is 11.1. The van der Waals surface area contributed by atoms with E-state index in [9.17, 15) is 23.9 Å². The number of carbonyl (C=O) groups is 1. The number of amides is 1. The van der Waals surface area contributed by atoms with E-state index in [1.165, 1.54) is 23.1 Å². The molecule has 3 aromatic carbocycles. The van der Waals surface area contributed by atoms with Crippen molar-refractivity contribution >= 4 is 40.3 Å². The molecule has 0 saturated heterocycles. The minimum Gasteiger partial charge on any atom is -0.464 e. The lowest BCUT2D eigenvalue weighted by molar-refractivity contribution is 0.0997. The number of aliphatic hydroxyl groups excluding tert-OH is 1. The lowest BCUT2D eigenvalue weighted by Crippen LogP contribution is -2.39. The van der Waals surface area contributed by atoms with E-state index in [1.54, 1.807) is 12.1 Å². The van der Waals surface area contributed by atoms with Crippen LogP contribution in [-0.4, -0.2) is 11.0 Å². The Hall–Kier alpha value is -3.95. The number of furan rings is 1. The molecule has 1 atom stereocenters. The van der Waals surface area contributed by atoms with Crippen molar-refractivity contribution in [2.24, 2.45) is 5.41 Å². The minimum absolute atomic E-state index is 0.0172. The summed E-state index contributed by atoms with van der Waals surface area (Å²) < 4.78 is 20.7. The molecule has 39 heavy (non-hydrogen) atoms. The normalized spacial score (nSPS) is 14.1. The lowest BCUT2D eigenvalue weighted by Gasteiger charge is -2.31. The molecule has 2 heterocycles. The van der Waals surface area contributed by atoms with Gasteiger partial charge in [-0.2, -0.15) is 0 Å². The molecular weight excluding hydrogens is 525 g/mol. The number of benzene rings is 2. The minimum atomic E-state index is -0.751. The fraction of sp³-hybridized carbons (Fsp3) is 0.276. The van der Waals surface area contributed by atoms with E-state index in [4.69, 9.17) is 16.0 Å². The zero-order valence-electron chi connectivity index (χ0n) is 21.8. The van der Waals surface area contributed by atoms with Gasteiger partial charge in [-0.1, -0.05) is 38.4 Å². The molecule has 0 bridgehead atoms. The number of nitrogens with zero attached hydrogens (tertiary/aromatic N) is 1. The van der Waals surface area contributed by atoms with Crippen LogP contribution in [0.1, 0.15) is 59.8 Å². The number of fused-ring (bicyclic) bond motifs is 1. The van der Waals surface area contributed by atoms with Crippen LogP contribution in [0.15, 0.2) is 56.5 Å². The molecule has 1 amide bonds. The van der Waals surface area contributed by atoms with Crippen molar-refractivity contribution in [3.8, 4) is 0 Å². The van der Waals surface area contributed by atoms with Gasteiger partial charge in [-0.05, 0) is 48.7 Å². The highest BCUT2D eigenvalue weighted by Gasteiger charge is 2.37. The number of halogens is 2. The molecule has 0 radical (unpaired) electrons. The van der Waals surface area contributed by atoms with Crippen LogP contribution in [0.4, 0.5) is 27.1 Å². The van der Waals surface area contributed by atoms with Gasteiger partial charge >= 0.3 is 0 Å². The maximum absolute atomic E-state index is 14.9. The van der Waals surface area contributed by atoms with Gasteiger partial charge in [0.1, 0.15) is 28.7 Å². The highest BCUT2D eigenvalue weighted by Crippen LogP contribution is 2.40. The van der Waals surface area contributed by atoms with Gasteiger partial charge in [0, 0.05) is 16.1 Å². The summed E-state index contributed by atoms with van der Waals surface area (Å²) in [4.78, 5) is 40.2. The van der Waals surface area contributed by atoms with Crippen LogP contribution in [0.5, 0.6) is 0 Å². The van der Waals surface area contributed by atoms with Crippen LogP contribution in [0.25, 0.3) is 0 Å². The molecule has 1 aliphatic heterocycles. The van der Waals surface area contributed by atoms with Crippen molar-refractivity contribution in [1.82, 2.24) is 0 Å². The van der Waals surface area contributed by atoms with Crippen LogP contribution in [0.3, 0.4) is 0 Å². The third kappa shape index (κ3) is 4.62. The van der Waals surface area contributed by atoms with Gasteiger partial charge in [0.25, 0.3) is 16.8 Å². The highest BCUT2D eigenvalue weighted by atomic mass is 35.5. The number of hydrogen-bond acceptors (Lipinski definition) is 7. The summed E-state index contributed by atoms with van der Waals surface area (Å²) >= 11 is 6.14. The summed E-state index contributed by atoms with van der Waals surface area (Å²) in [5.41, 5.74) is -0.651. The fourth-order valence-corrected chi connectivity index (χ4v) is 5.02. The number of aliphatic hydroxyl groups is 1. The van der Waals surface area contributed by atoms with Crippen molar-refractivity contribution in [3.63, 3.8) is 0 Å². The Kier molecular flexibility index (Phi) is 6.60. The third-order valence-electron chi connectivity index (χ3n) is 6.91. The molecule has 8 nitrogen and oxygen atoms in total. The number of anilines is 4. The Morgan fingerprint density at radius 3 is 2.44 bits per heavy atom. The summed E-state index contributed by atoms with van der Waals surface area (Å²) in [5.74, 6) is 0.186. The van der Waals surface area contributed by atoms with Crippen LogP contribution in [0.2, 0.25) is 5.02 Å². The van der Waals surface area contributed by atoms with Crippen molar-refractivity contribution in [1.29, 1.82) is 0 Å². The van der Waals surface area contributed by atoms with Crippen LogP contribution >= 0.6 is 11.6 Å². The fourth-order valence-electron chi connectivity index (χ4n) is 4.86. The lowest BCUT2D eigenvalue weighted by atomic mass is 9.85. The summed E-state index contributed by atoms with van der Waals surface area (Å²) in [5, 5.41) is 16.2. The molecule has 0 saturated carbocycles. The second-order valence-electron chi connectivity index (χ2n) is 10.7. The Morgan fingerprint density at radius 2 is 1.79 bits per heavy atom. The Balaban J connectivity index is 1.51. The highest BCUT2D eigenvalue weighted by molar-refractivity contribution is 6.31. The summed E-state index contributed by atoms with van der Waals surface area (Å²) in [7, 11) is 0. The molecule has 5 rings (SSSR count). The average molecular weight is 552 g/mol. The van der Waals surface area contributed by atoms with Crippen LogP contribution in [-0.2, 0) is 13.2 Å². The maximum atomic E-state index is 14.9. The van der Waals surface area contributed by atoms with E-state index < -0.39 is 34.0 Å². The zero-order valence-corrected chi connectivity index (χ0v) is 22.6. The van der Waals surface area contributed by atoms with Gasteiger partial charge < -0.3 is 25.1 Å². The first-order valence-corrected chi connectivity index (χ1v) is 12.7. The molecule has 10 heteroatoms. The molecule has 0 aliphatic carbocycles. The van der Waals surface area contributed by atoms with E-state index in [1.807, 2.05) is 39.8 Å². The predicted molar refractivity (Wildman–Crippen MR) is 148 cm³/mol. The van der Waals surface area contributed by atoms with Gasteiger partial charge in [0.2, 0.25) is 0 Å². The van der Waals surface area contributed by atoms with Crippen molar-refractivity contribution in [3.05, 3.63) is 102 Å². The monoisotopic (exact) mass is 551 g/mol. The molecule has 0 fully saturated rings. The smallest absolute Gasteiger partial charge is 0.261 e. The van der Waals surface area contributed by atoms with Gasteiger partial charge in [-0.15, -0.1) is 0 Å². The predicted octanol–water partition coefficient (Wildman–Crippen LogP) is 5.57. The van der Waals surface area contributed by atoms with Gasteiger partial charge in [-0.3, -0.25) is 14.4 Å². The second kappa shape index (κ2) is 9.66.